The Hall–Kier alpha value is -2.33. The van der Waals surface area contributed by atoms with Crippen LogP contribution in [-0.2, 0) is 11.2 Å². The molecule has 0 aromatic heterocycles. The molecule has 2 aromatic carbocycles. The van der Waals surface area contributed by atoms with Crippen molar-refractivity contribution in [3.63, 3.8) is 0 Å². The second-order valence-electron chi connectivity index (χ2n) is 5.64. The smallest absolute Gasteiger partial charge is 0.228 e. The topological polar surface area (TPSA) is 50.4 Å². The maximum Gasteiger partial charge on any atom is 0.228 e. The normalized spacial score (nSPS) is 11.8. The molecular weight excluding hydrogens is 288 g/mol. The fourth-order valence-electron chi connectivity index (χ4n) is 2.47. The van der Waals surface area contributed by atoms with Crippen LogP contribution < -0.4 is 15.4 Å². The van der Waals surface area contributed by atoms with Crippen LogP contribution in [0.3, 0.4) is 0 Å². The lowest BCUT2D eigenvalue weighted by molar-refractivity contribution is -0.119. The van der Waals surface area contributed by atoms with Gasteiger partial charge in [0, 0.05) is 30.1 Å². The van der Waals surface area contributed by atoms with Gasteiger partial charge in [0.05, 0.1) is 7.11 Å². The number of benzene rings is 2. The summed E-state index contributed by atoms with van der Waals surface area (Å²) in [6.07, 6.45) is 0.764. The van der Waals surface area contributed by atoms with E-state index < -0.39 is 0 Å². The molecule has 2 N–H and O–H groups in total. The highest BCUT2D eigenvalue weighted by Gasteiger charge is 2.13. The first kappa shape index (κ1) is 17.0. The van der Waals surface area contributed by atoms with Crippen molar-refractivity contribution >= 4 is 11.6 Å². The zero-order chi connectivity index (χ0) is 16.7. The van der Waals surface area contributed by atoms with Crippen molar-refractivity contribution < 1.29 is 9.53 Å². The molecule has 0 aliphatic rings. The number of carbonyl (C=O) groups is 1. The van der Waals surface area contributed by atoms with Crippen LogP contribution >= 0.6 is 0 Å². The number of nitrogens with one attached hydrogen (secondary N) is 2. The zero-order valence-electron chi connectivity index (χ0n) is 13.9. The molecule has 122 valence electrons. The molecule has 0 fully saturated rings. The van der Waals surface area contributed by atoms with Crippen molar-refractivity contribution in [3.8, 4) is 5.75 Å². The Labute approximate surface area is 137 Å². The molecule has 2 rings (SSSR count). The van der Waals surface area contributed by atoms with Crippen LogP contribution in [0.25, 0.3) is 0 Å². The zero-order valence-corrected chi connectivity index (χ0v) is 13.9. The first-order chi connectivity index (χ1) is 11.1. The molecule has 0 aliphatic carbocycles. The van der Waals surface area contributed by atoms with E-state index in [1.165, 1.54) is 5.56 Å². The summed E-state index contributed by atoms with van der Waals surface area (Å²) in [6.45, 7) is 2.55. The van der Waals surface area contributed by atoms with Gasteiger partial charge in [-0.25, -0.2) is 0 Å². The van der Waals surface area contributed by atoms with Gasteiger partial charge >= 0.3 is 0 Å². The van der Waals surface area contributed by atoms with Gasteiger partial charge in [-0.15, -0.1) is 0 Å². The van der Waals surface area contributed by atoms with Gasteiger partial charge in [-0.2, -0.15) is 0 Å². The minimum Gasteiger partial charge on any atom is -0.496 e. The Morgan fingerprint density at radius 2 is 1.91 bits per heavy atom. The maximum atomic E-state index is 12.1. The monoisotopic (exact) mass is 312 g/mol. The summed E-state index contributed by atoms with van der Waals surface area (Å²) in [5.74, 6) is 0.755. The Kier molecular flexibility index (Phi) is 6.18. The largest absolute Gasteiger partial charge is 0.496 e. The highest BCUT2D eigenvalue weighted by atomic mass is 16.5. The minimum atomic E-state index is -0.0836. The van der Waals surface area contributed by atoms with Gasteiger partial charge in [-0.05, 0) is 30.8 Å². The van der Waals surface area contributed by atoms with E-state index in [0.717, 1.165) is 23.4 Å². The molecule has 1 atom stereocenters. The predicted octanol–water partition coefficient (Wildman–Crippen LogP) is 3.08. The van der Waals surface area contributed by atoms with Gasteiger partial charge in [-0.1, -0.05) is 37.3 Å². The average molecular weight is 312 g/mol. The lowest BCUT2D eigenvalue weighted by Crippen LogP contribution is -2.28. The molecule has 0 spiro atoms. The van der Waals surface area contributed by atoms with Gasteiger partial charge in [0.2, 0.25) is 5.91 Å². The standard InChI is InChI=1S/C19H24N2O2/c1-14(13-20-2)19(22)21-17-9-10-18(23-3)16(12-17)11-15-7-5-4-6-8-15/h4-10,12,14,20H,11,13H2,1-3H3,(H,21,22). The van der Waals surface area contributed by atoms with Crippen molar-refractivity contribution in [3.05, 3.63) is 59.7 Å². The summed E-state index contributed by atoms with van der Waals surface area (Å²) in [5.41, 5.74) is 3.06. The van der Waals surface area contributed by atoms with E-state index >= 15 is 0 Å². The Bertz CT molecular complexity index is 641. The molecular formula is C19H24N2O2. The lowest BCUT2D eigenvalue weighted by atomic mass is 10.0. The van der Waals surface area contributed by atoms with Crippen LogP contribution in [-0.4, -0.2) is 26.6 Å². The van der Waals surface area contributed by atoms with Crippen LogP contribution in [0.5, 0.6) is 5.75 Å². The summed E-state index contributed by atoms with van der Waals surface area (Å²) in [5, 5.41) is 5.99. The molecule has 2 aromatic rings. The third-order valence-corrected chi connectivity index (χ3v) is 3.74. The Morgan fingerprint density at radius 3 is 2.57 bits per heavy atom. The fourth-order valence-corrected chi connectivity index (χ4v) is 2.47. The van der Waals surface area contributed by atoms with E-state index in [1.807, 2.05) is 50.4 Å². The van der Waals surface area contributed by atoms with Gasteiger partial charge in [-0.3, -0.25) is 4.79 Å². The molecule has 1 amide bonds. The van der Waals surface area contributed by atoms with Crippen LogP contribution in [0, 0.1) is 5.92 Å². The molecule has 0 saturated carbocycles. The van der Waals surface area contributed by atoms with E-state index in [1.54, 1.807) is 7.11 Å². The highest BCUT2D eigenvalue weighted by molar-refractivity contribution is 5.92. The van der Waals surface area contributed by atoms with Gasteiger partial charge < -0.3 is 15.4 Å². The third-order valence-electron chi connectivity index (χ3n) is 3.74. The molecule has 4 heteroatoms. The number of amides is 1. The van der Waals surface area contributed by atoms with Crippen LogP contribution in [0.1, 0.15) is 18.1 Å². The van der Waals surface area contributed by atoms with Crippen molar-refractivity contribution in [2.75, 3.05) is 26.0 Å². The third kappa shape index (κ3) is 4.83. The number of hydrogen-bond donors (Lipinski definition) is 2. The van der Waals surface area contributed by atoms with E-state index in [0.29, 0.717) is 6.54 Å². The molecule has 0 radical (unpaired) electrons. The van der Waals surface area contributed by atoms with Crippen molar-refractivity contribution in [2.45, 2.75) is 13.3 Å². The van der Waals surface area contributed by atoms with Gasteiger partial charge in [0.25, 0.3) is 0 Å². The summed E-state index contributed by atoms with van der Waals surface area (Å²) >= 11 is 0. The van der Waals surface area contributed by atoms with Crippen LogP contribution in [0.15, 0.2) is 48.5 Å². The number of methoxy groups -OCH3 is 1. The molecule has 0 aliphatic heterocycles. The lowest BCUT2D eigenvalue weighted by Gasteiger charge is -2.14. The molecule has 23 heavy (non-hydrogen) atoms. The number of carbonyl (C=O) groups excluding carboxylic acids is 1. The number of anilines is 1. The van der Waals surface area contributed by atoms with E-state index in [9.17, 15) is 4.79 Å². The summed E-state index contributed by atoms with van der Waals surface area (Å²) in [7, 11) is 3.51. The second-order valence-corrected chi connectivity index (χ2v) is 5.64. The molecule has 0 saturated heterocycles. The van der Waals surface area contributed by atoms with Crippen molar-refractivity contribution in [1.29, 1.82) is 0 Å². The minimum absolute atomic E-state index is 0.00942. The quantitative estimate of drug-likeness (QED) is 0.826. The molecule has 0 bridgehead atoms. The second kappa shape index (κ2) is 8.34. The first-order valence-corrected chi connectivity index (χ1v) is 7.80. The summed E-state index contributed by atoms with van der Waals surface area (Å²) in [6, 6.07) is 16.0. The number of ether oxygens (including phenoxy) is 1. The van der Waals surface area contributed by atoms with Crippen molar-refractivity contribution in [1.82, 2.24) is 5.32 Å². The summed E-state index contributed by atoms with van der Waals surface area (Å²) in [4.78, 5) is 12.1. The summed E-state index contributed by atoms with van der Waals surface area (Å²) < 4.78 is 5.44. The van der Waals surface area contributed by atoms with E-state index in [-0.39, 0.29) is 11.8 Å². The SMILES string of the molecule is CNCC(C)C(=O)Nc1ccc(OC)c(Cc2ccccc2)c1. The highest BCUT2D eigenvalue weighted by Crippen LogP contribution is 2.25. The average Bonchev–Trinajstić information content (AvgIpc) is 2.56. The molecule has 1 unspecified atom stereocenters. The maximum absolute atomic E-state index is 12.1. The Balaban J connectivity index is 2.16. The van der Waals surface area contributed by atoms with Gasteiger partial charge in [0.1, 0.15) is 5.75 Å². The first-order valence-electron chi connectivity index (χ1n) is 7.80. The molecule has 4 nitrogen and oxygen atoms in total. The number of rotatable bonds is 7. The van der Waals surface area contributed by atoms with Crippen LogP contribution in [0.2, 0.25) is 0 Å². The van der Waals surface area contributed by atoms with Crippen molar-refractivity contribution in [2.24, 2.45) is 5.92 Å². The Morgan fingerprint density at radius 1 is 1.17 bits per heavy atom. The fraction of sp³-hybridized carbons (Fsp3) is 0.316. The van der Waals surface area contributed by atoms with E-state index in [2.05, 4.69) is 22.8 Å². The van der Waals surface area contributed by atoms with Crippen LogP contribution in [0.4, 0.5) is 5.69 Å². The molecule has 0 heterocycles. The van der Waals surface area contributed by atoms with Gasteiger partial charge in [0.15, 0.2) is 0 Å². The predicted molar refractivity (Wildman–Crippen MR) is 94.0 cm³/mol. The number of hydrogen-bond acceptors (Lipinski definition) is 3. The van der Waals surface area contributed by atoms with E-state index in [4.69, 9.17) is 4.74 Å².